The van der Waals surface area contributed by atoms with Crippen molar-refractivity contribution in [1.82, 2.24) is 14.7 Å². The molecule has 0 atom stereocenters. The van der Waals surface area contributed by atoms with Crippen molar-refractivity contribution >= 4 is 5.91 Å². The molecule has 5 nitrogen and oxygen atoms in total. The highest BCUT2D eigenvalue weighted by Crippen LogP contribution is 2.16. The molecule has 1 saturated heterocycles. The van der Waals surface area contributed by atoms with E-state index >= 15 is 0 Å². The van der Waals surface area contributed by atoms with Crippen LogP contribution in [-0.2, 0) is 11.3 Å². The number of hydrogen-bond donors (Lipinski definition) is 1. The third kappa shape index (κ3) is 2.61. The lowest BCUT2D eigenvalue weighted by Gasteiger charge is -2.31. The summed E-state index contributed by atoms with van der Waals surface area (Å²) in [7, 11) is 0. The molecule has 16 heavy (non-hydrogen) atoms. The fourth-order valence-corrected chi connectivity index (χ4v) is 2.00. The highest BCUT2D eigenvalue weighted by Gasteiger charge is 2.22. The van der Waals surface area contributed by atoms with Gasteiger partial charge in [0.05, 0.1) is 0 Å². The summed E-state index contributed by atoms with van der Waals surface area (Å²) in [6.07, 6.45) is 5.27. The molecule has 0 spiro atoms. The Bertz CT molecular complexity index is 329. The zero-order chi connectivity index (χ0) is 11.4. The molecule has 1 aliphatic rings. The van der Waals surface area contributed by atoms with Gasteiger partial charge < -0.3 is 10.0 Å². The number of piperidine rings is 1. The normalized spacial score (nSPS) is 17.7. The standard InChI is InChI=1S/C11H17N3O2/c15-9-10-2-6-13(7-3-10)11(16)8-14-5-1-4-12-14/h1,4-5,10,15H,2-3,6-9H2. The van der Waals surface area contributed by atoms with Crippen LogP contribution in [0.4, 0.5) is 0 Å². The minimum atomic E-state index is 0.111. The van der Waals surface area contributed by atoms with E-state index in [4.69, 9.17) is 5.11 Å². The van der Waals surface area contributed by atoms with Crippen LogP contribution in [0.3, 0.4) is 0 Å². The summed E-state index contributed by atoms with van der Waals surface area (Å²) in [6, 6.07) is 1.81. The van der Waals surface area contributed by atoms with Crippen LogP contribution >= 0.6 is 0 Å². The number of likely N-dealkylation sites (tertiary alicyclic amines) is 1. The second-order valence-electron chi connectivity index (χ2n) is 4.21. The Hall–Kier alpha value is -1.36. The van der Waals surface area contributed by atoms with E-state index in [1.807, 2.05) is 11.0 Å². The summed E-state index contributed by atoms with van der Waals surface area (Å²) in [6.45, 7) is 2.06. The molecular formula is C11H17N3O2. The second-order valence-corrected chi connectivity index (χ2v) is 4.21. The van der Waals surface area contributed by atoms with Gasteiger partial charge in [0.25, 0.3) is 0 Å². The van der Waals surface area contributed by atoms with E-state index in [1.54, 1.807) is 17.1 Å². The number of nitrogens with zero attached hydrogens (tertiary/aromatic N) is 3. The van der Waals surface area contributed by atoms with E-state index in [2.05, 4.69) is 5.10 Å². The van der Waals surface area contributed by atoms with Gasteiger partial charge in [0.2, 0.25) is 5.91 Å². The Kier molecular flexibility index (Phi) is 3.56. The Morgan fingerprint density at radius 2 is 2.19 bits per heavy atom. The summed E-state index contributed by atoms with van der Waals surface area (Å²) < 4.78 is 1.64. The molecule has 1 amide bonds. The molecule has 1 aromatic heterocycles. The van der Waals surface area contributed by atoms with Crippen LogP contribution in [0.25, 0.3) is 0 Å². The fraction of sp³-hybridized carbons (Fsp3) is 0.636. The van der Waals surface area contributed by atoms with Crippen molar-refractivity contribution in [3.63, 3.8) is 0 Å². The quantitative estimate of drug-likeness (QED) is 0.791. The monoisotopic (exact) mass is 223 g/mol. The topological polar surface area (TPSA) is 58.4 Å². The summed E-state index contributed by atoms with van der Waals surface area (Å²) in [5, 5.41) is 13.0. The minimum absolute atomic E-state index is 0.111. The number of rotatable bonds is 3. The third-order valence-corrected chi connectivity index (χ3v) is 3.08. The average molecular weight is 223 g/mol. The van der Waals surface area contributed by atoms with Gasteiger partial charge in [0, 0.05) is 32.1 Å². The maximum atomic E-state index is 11.9. The number of aliphatic hydroxyl groups is 1. The molecule has 0 radical (unpaired) electrons. The summed E-state index contributed by atoms with van der Waals surface area (Å²) >= 11 is 0. The highest BCUT2D eigenvalue weighted by molar-refractivity contribution is 5.75. The van der Waals surface area contributed by atoms with E-state index in [1.165, 1.54) is 0 Å². The molecule has 5 heteroatoms. The second kappa shape index (κ2) is 5.12. The number of aliphatic hydroxyl groups excluding tert-OH is 1. The number of hydrogen-bond acceptors (Lipinski definition) is 3. The molecule has 0 unspecified atom stereocenters. The Labute approximate surface area is 94.7 Å². The first-order valence-electron chi connectivity index (χ1n) is 5.65. The first-order chi connectivity index (χ1) is 7.79. The van der Waals surface area contributed by atoms with Gasteiger partial charge in [-0.2, -0.15) is 5.10 Å². The van der Waals surface area contributed by atoms with Gasteiger partial charge in [-0.15, -0.1) is 0 Å². The predicted molar refractivity (Wildman–Crippen MR) is 58.6 cm³/mol. The van der Waals surface area contributed by atoms with E-state index in [-0.39, 0.29) is 12.5 Å². The molecule has 88 valence electrons. The van der Waals surface area contributed by atoms with Gasteiger partial charge in [-0.1, -0.05) is 0 Å². The van der Waals surface area contributed by atoms with Crippen molar-refractivity contribution in [3.05, 3.63) is 18.5 Å². The van der Waals surface area contributed by atoms with E-state index < -0.39 is 0 Å². The van der Waals surface area contributed by atoms with Gasteiger partial charge in [-0.25, -0.2) is 0 Å². The van der Waals surface area contributed by atoms with Crippen molar-refractivity contribution in [2.75, 3.05) is 19.7 Å². The predicted octanol–water partition coefficient (Wildman–Crippen LogP) is 0.114. The molecular weight excluding hydrogens is 206 g/mol. The highest BCUT2D eigenvalue weighted by atomic mass is 16.3. The first-order valence-corrected chi connectivity index (χ1v) is 5.65. The molecule has 2 rings (SSSR count). The average Bonchev–Trinajstić information content (AvgIpc) is 2.82. The van der Waals surface area contributed by atoms with E-state index in [0.717, 1.165) is 25.9 Å². The Balaban J connectivity index is 1.82. The van der Waals surface area contributed by atoms with Crippen LogP contribution in [0.1, 0.15) is 12.8 Å². The number of amides is 1. The van der Waals surface area contributed by atoms with Crippen molar-refractivity contribution < 1.29 is 9.90 Å². The lowest BCUT2D eigenvalue weighted by Crippen LogP contribution is -2.40. The van der Waals surface area contributed by atoms with Crippen LogP contribution in [0.2, 0.25) is 0 Å². The van der Waals surface area contributed by atoms with Crippen LogP contribution in [-0.4, -0.2) is 45.4 Å². The Morgan fingerprint density at radius 1 is 1.44 bits per heavy atom. The van der Waals surface area contributed by atoms with Crippen LogP contribution < -0.4 is 0 Å². The van der Waals surface area contributed by atoms with E-state index in [9.17, 15) is 4.79 Å². The molecule has 1 aliphatic heterocycles. The molecule has 0 bridgehead atoms. The van der Waals surface area contributed by atoms with Crippen LogP contribution in [0, 0.1) is 5.92 Å². The third-order valence-electron chi connectivity index (χ3n) is 3.08. The molecule has 0 aliphatic carbocycles. The number of aromatic nitrogens is 2. The van der Waals surface area contributed by atoms with Gasteiger partial charge in [-0.05, 0) is 24.8 Å². The summed E-state index contributed by atoms with van der Waals surface area (Å²) in [5.74, 6) is 0.480. The molecule has 2 heterocycles. The smallest absolute Gasteiger partial charge is 0.244 e. The van der Waals surface area contributed by atoms with Gasteiger partial charge in [0.15, 0.2) is 0 Å². The van der Waals surface area contributed by atoms with Gasteiger partial charge in [0.1, 0.15) is 6.54 Å². The summed E-state index contributed by atoms with van der Waals surface area (Å²) in [5.41, 5.74) is 0. The van der Waals surface area contributed by atoms with Crippen molar-refractivity contribution in [2.45, 2.75) is 19.4 Å². The summed E-state index contributed by atoms with van der Waals surface area (Å²) in [4.78, 5) is 13.7. The first kappa shape index (κ1) is 11.1. The number of carbonyl (C=O) groups is 1. The zero-order valence-corrected chi connectivity index (χ0v) is 9.25. The molecule has 1 aromatic rings. The largest absolute Gasteiger partial charge is 0.396 e. The zero-order valence-electron chi connectivity index (χ0n) is 9.25. The van der Waals surface area contributed by atoms with Gasteiger partial charge in [-0.3, -0.25) is 9.48 Å². The SMILES string of the molecule is O=C(Cn1cccn1)N1CCC(CO)CC1. The van der Waals surface area contributed by atoms with Crippen LogP contribution in [0.5, 0.6) is 0 Å². The van der Waals surface area contributed by atoms with Gasteiger partial charge >= 0.3 is 0 Å². The fourth-order valence-electron chi connectivity index (χ4n) is 2.00. The maximum absolute atomic E-state index is 11.9. The van der Waals surface area contributed by atoms with E-state index in [0.29, 0.717) is 12.5 Å². The molecule has 1 N–H and O–H groups in total. The molecule has 0 aromatic carbocycles. The number of carbonyl (C=O) groups excluding carboxylic acids is 1. The van der Waals surface area contributed by atoms with Crippen molar-refractivity contribution in [1.29, 1.82) is 0 Å². The maximum Gasteiger partial charge on any atom is 0.244 e. The van der Waals surface area contributed by atoms with Crippen molar-refractivity contribution in [3.8, 4) is 0 Å². The van der Waals surface area contributed by atoms with Crippen molar-refractivity contribution in [2.24, 2.45) is 5.92 Å². The molecule has 1 fully saturated rings. The minimum Gasteiger partial charge on any atom is -0.396 e. The lowest BCUT2D eigenvalue weighted by molar-refractivity contribution is -0.133. The van der Waals surface area contributed by atoms with Crippen LogP contribution in [0.15, 0.2) is 18.5 Å². The molecule has 0 saturated carbocycles. The lowest BCUT2D eigenvalue weighted by atomic mass is 9.98. The Morgan fingerprint density at radius 3 is 2.75 bits per heavy atom.